The molecule has 0 spiro atoms. The zero-order valence-electron chi connectivity index (χ0n) is 21.4. The molecule has 5 nitrogen and oxygen atoms in total. The minimum Gasteiger partial charge on any atom is -0.444 e. The van der Waals surface area contributed by atoms with E-state index in [1.807, 2.05) is 68.5 Å². The molecule has 1 aliphatic carbocycles. The van der Waals surface area contributed by atoms with Crippen molar-refractivity contribution in [1.82, 2.24) is 5.32 Å². The van der Waals surface area contributed by atoms with Gasteiger partial charge in [0.2, 0.25) is 0 Å². The molecule has 1 aromatic rings. The Kier molecular flexibility index (Phi) is 8.60. The van der Waals surface area contributed by atoms with Crippen LogP contribution in [0.15, 0.2) is 70.6 Å². The molecular formula is C29H36IN3O2. The van der Waals surface area contributed by atoms with Crippen LogP contribution in [0.25, 0.3) is 0 Å². The fourth-order valence-corrected chi connectivity index (χ4v) is 5.61. The van der Waals surface area contributed by atoms with E-state index in [0.717, 1.165) is 49.1 Å². The average Bonchev–Trinajstić information content (AvgIpc) is 2.91. The third kappa shape index (κ3) is 6.62. The largest absolute Gasteiger partial charge is 0.444 e. The van der Waals surface area contributed by atoms with E-state index in [0.29, 0.717) is 9.29 Å². The van der Waals surface area contributed by atoms with Gasteiger partial charge in [-0.3, -0.25) is 10.4 Å². The number of carbonyl (C=O) groups excluding carboxylic acids is 1. The number of fused-ring (bicyclic) bond motifs is 1. The van der Waals surface area contributed by atoms with Crippen molar-refractivity contribution in [3.63, 3.8) is 0 Å². The van der Waals surface area contributed by atoms with Gasteiger partial charge in [-0.1, -0.05) is 44.2 Å². The third-order valence-electron chi connectivity index (χ3n) is 6.56. The molecule has 1 amide bonds. The van der Waals surface area contributed by atoms with Gasteiger partial charge in [-0.2, -0.15) is 0 Å². The molecule has 1 heterocycles. The Hall–Kier alpha value is -2.44. The number of halogens is 1. The van der Waals surface area contributed by atoms with Crippen LogP contribution in [0.2, 0.25) is 0 Å². The van der Waals surface area contributed by atoms with Crippen molar-refractivity contribution in [3.05, 3.63) is 76.7 Å². The summed E-state index contributed by atoms with van der Waals surface area (Å²) < 4.78 is 6.05. The molecule has 2 atom stereocenters. The van der Waals surface area contributed by atoms with Crippen molar-refractivity contribution >= 4 is 38.1 Å². The van der Waals surface area contributed by atoms with Gasteiger partial charge in [-0.05, 0) is 110 Å². The number of allylic oxidation sites excluding steroid dienone is 3. The standard InChI is InChI=1S/C29H36IN3O2/c1-7-16-29(17-15-19(2)24-14-10-13-22(26(30)31)20(3)32-24)18-21-11-8-9-12-23(21)25(29)33-27(34)35-28(4,5)6/h8-12,14,25,31H,2,7,15-18H2,1,3-6H3,(H,33,34)/t25-,29?/m1/s1. The number of amides is 1. The van der Waals surface area contributed by atoms with E-state index in [-0.39, 0.29) is 17.6 Å². The lowest BCUT2D eigenvalue weighted by Gasteiger charge is -2.37. The first-order valence-corrected chi connectivity index (χ1v) is 13.3. The summed E-state index contributed by atoms with van der Waals surface area (Å²) in [5, 5.41) is 11.2. The summed E-state index contributed by atoms with van der Waals surface area (Å²) in [5.74, 6) is 0. The van der Waals surface area contributed by atoms with Gasteiger partial charge in [-0.25, -0.2) is 4.79 Å². The zero-order valence-corrected chi connectivity index (χ0v) is 23.6. The van der Waals surface area contributed by atoms with E-state index < -0.39 is 5.60 Å². The second-order valence-corrected chi connectivity index (χ2v) is 11.5. The minimum atomic E-state index is -0.555. The summed E-state index contributed by atoms with van der Waals surface area (Å²) in [6.07, 6.45) is 7.89. The van der Waals surface area contributed by atoms with Gasteiger partial charge in [0.25, 0.3) is 0 Å². The lowest BCUT2D eigenvalue weighted by atomic mass is 9.72. The highest BCUT2D eigenvalue weighted by atomic mass is 127. The van der Waals surface area contributed by atoms with Gasteiger partial charge >= 0.3 is 6.09 Å². The van der Waals surface area contributed by atoms with E-state index in [1.54, 1.807) is 0 Å². The van der Waals surface area contributed by atoms with E-state index >= 15 is 0 Å². The second-order valence-electron chi connectivity index (χ2n) is 10.4. The van der Waals surface area contributed by atoms with Gasteiger partial charge in [0.05, 0.1) is 23.0 Å². The fraction of sp³-hybridized carbons (Fsp3) is 0.448. The van der Waals surface area contributed by atoms with E-state index in [9.17, 15) is 4.79 Å². The van der Waals surface area contributed by atoms with Crippen LogP contribution in [-0.2, 0) is 11.2 Å². The Labute approximate surface area is 223 Å². The lowest BCUT2D eigenvalue weighted by Crippen LogP contribution is -2.41. The zero-order chi connectivity index (χ0) is 25.8. The first kappa shape index (κ1) is 27.2. The van der Waals surface area contributed by atoms with Gasteiger partial charge in [0.15, 0.2) is 0 Å². The molecule has 1 aromatic carbocycles. The third-order valence-corrected chi connectivity index (χ3v) is 7.09. The first-order valence-electron chi connectivity index (χ1n) is 12.2. The summed E-state index contributed by atoms with van der Waals surface area (Å²) in [4.78, 5) is 17.6. The number of ether oxygens (including phenoxy) is 1. The fourth-order valence-electron chi connectivity index (χ4n) is 5.06. The average molecular weight is 586 g/mol. The highest BCUT2D eigenvalue weighted by Crippen LogP contribution is 2.52. The Morgan fingerprint density at radius 1 is 1.34 bits per heavy atom. The van der Waals surface area contributed by atoms with Crippen LogP contribution in [0.5, 0.6) is 0 Å². The number of aliphatic imine (C=N–C) groups is 1. The molecule has 0 saturated carbocycles. The van der Waals surface area contributed by atoms with Crippen molar-refractivity contribution in [3.8, 4) is 0 Å². The highest BCUT2D eigenvalue weighted by Gasteiger charge is 2.46. The quantitative estimate of drug-likeness (QED) is 0.186. The number of benzene rings is 1. The molecule has 186 valence electrons. The van der Waals surface area contributed by atoms with Crippen LogP contribution in [0, 0.1) is 10.8 Å². The van der Waals surface area contributed by atoms with E-state index in [4.69, 9.17) is 15.1 Å². The Morgan fingerprint density at radius 2 is 2.06 bits per heavy atom. The summed E-state index contributed by atoms with van der Waals surface area (Å²) in [6.45, 7) is 14.1. The van der Waals surface area contributed by atoms with Crippen LogP contribution >= 0.6 is 22.6 Å². The normalized spacial score (nSPS) is 21.3. The van der Waals surface area contributed by atoms with Crippen molar-refractivity contribution in [2.45, 2.75) is 78.4 Å². The molecule has 1 unspecified atom stereocenters. The Morgan fingerprint density at radius 3 is 2.71 bits per heavy atom. The molecule has 6 heteroatoms. The molecule has 0 radical (unpaired) electrons. The maximum atomic E-state index is 12.9. The number of carbonyl (C=O) groups is 1. The highest BCUT2D eigenvalue weighted by molar-refractivity contribution is 14.1. The minimum absolute atomic E-state index is 0.123. The van der Waals surface area contributed by atoms with Crippen molar-refractivity contribution in [2.24, 2.45) is 10.4 Å². The van der Waals surface area contributed by atoms with Gasteiger partial charge in [0.1, 0.15) is 9.32 Å². The molecule has 2 aliphatic rings. The van der Waals surface area contributed by atoms with Crippen molar-refractivity contribution in [2.75, 3.05) is 0 Å². The molecule has 0 saturated heterocycles. The second kappa shape index (κ2) is 11.1. The summed E-state index contributed by atoms with van der Waals surface area (Å²) in [6, 6.07) is 8.28. The molecule has 35 heavy (non-hydrogen) atoms. The van der Waals surface area contributed by atoms with Crippen LogP contribution in [0.3, 0.4) is 0 Å². The number of rotatable bonds is 8. The Bertz CT molecular complexity index is 1150. The van der Waals surface area contributed by atoms with Crippen molar-refractivity contribution < 1.29 is 9.53 Å². The molecular weight excluding hydrogens is 549 g/mol. The first-order chi connectivity index (χ1) is 16.5. The SMILES string of the molecule is C=C(CCC1(CCC)Cc2ccccc2[C@H]1NC(=O)OC(C)(C)C)C1=CC=C=C(C(=N)I)C(C)=N1. The molecule has 2 N–H and O–H groups in total. The smallest absolute Gasteiger partial charge is 0.408 e. The number of nitrogens with one attached hydrogen (secondary N) is 2. The van der Waals surface area contributed by atoms with E-state index in [2.05, 4.69) is 42.7 Å². The number of hydrogen-bond donors (Lipinski definition) is 2. The summed E-state index contributed by atoms with van der Waals surface area (Å²) in [5.41, 5.74) is 8.17. The monoisotopic (exact) mass is 585 g/mol. The number of nitrogens with zero attached hydrogens (tertiary/aromatic N) is 1. The van der Waals surface area contributed by atoms with Crippen LogP contribution in [-0.4, -0.2) is 21.1 Å². The van der Waals surface area contributed by atoms with Gasteiger partial charge in [-0.15, -0.1) is 5.73 Å². The Balaban J connectivity index is 1.85. The van der Waals surface area contributed by atoms with E-state index in [1.165, 1.54) is 11.1 Å². The predicted molar refractivity (Wildman–Crippen MR) is 153 cm³/mol. The van der Waals surface area contributed by atoms with Crippen LogP contribution in [0.1, 0.15) is 77.5 Å². The molecule has 0 fully saturated rings. The van der Waals surface area contributed by atoms with Gasteiger partial charge < -0.3 is 10.1 Å². The number of alkyl carbamates (subject to hydrolysis) is 1. The summed E-state index contributed by atoms with van der Waals surface area (Å²) in [7, 11) is 0. The molecule has 0 bridgehead atoms. The maximum absolute atomic E-state index is 12.9. The topological polar surface area (TPSA) is 74.5 Å². The van der Waals surface area contributed by atoms with Crippen LogP contribution in [0.4, 0.5) is 4.79 Å². The summed E-state index contributed by atoms with van der Waals surface area (Å²) >= 11 is 1.98. The maximum Gasteiger partial charge on any atom is 0.408 e. The van der Waals surface area contributed by atoms with Crippen LogP contribution < -0.4 is 5.32 Å². The molecule has 0 aromatic heterocycles. The predicted octanol–water partition coefficient (Wildman–Crippen LogP) is 7.78. The lowest BCUT2D eigenvalue weighted by molar-refractivity contribution is 0.0434. The van der Waals surface area contributed by atoms with Crippen molar-refractivity contribution in [1.29, 1.82) is 5.41 Å². The number of hydrogen-bond acceptors (Lipinski definition) is 4. The molecule has 3 rings (SSSR count). The van der Waals surface area contributed by atoms with Gasteiger partial charge in [0, 0.05) is 0 Å². The molecule has 1 aliphatic heterocycles.